The molecule has 3 rings (SSSR count). The van der Waals surface area contributed by atoms with Gasteiger partial charge in [0.15, 0.2) is 0 Å². The number of aromatic nitrogens is 2. The van der Waals surface area contributed by atoms with Crippen LogP contribution in [0.4, 0.5) is 0 Å². The highest BCUT2D eigenvalue weighted by Gasteiger charge is 2.25. The van der Waals surface area contributed by atoms with Gasteiger partial charge in [0.2, 0.25) is 21.7 Å². The van der Waals surface area contributed by atoms with Gasteiger partial charge in [-0.05, 0) is 32.0 Å². The molecular weight excluding hydrogens is 350 g/mol. The predicted molar refractivity (Wildman–Crippen MR) is 98.9 cm³/mol. The van der Waals surface area contributed by atoms with Crippen LogP contribution in [0.2, 0.25) is 0 Å². The van der Waals surface area contributed by atoms with Gasteiger partial charge >= 0.3 is 0 Å². The highest BCUT2D eigenvalue weighted by atomic mass is 32.2. The number of hydrogen-bond acceptors (Lipinski definition) is 5. The quantitative estimate of drug-likeness (QED) is 0.662. The van der Waals surface area contributed by atoms with E-state index in [2.05, 4.69) is 10.1 Å². The molecule has 0 spiro atoms. The van der Waals surface area contributed by atoms with E-state index >= 15 is 0 Å². The summed E-state index contributed by atoms with van der Waals surface area (Å²) in [7, 11) is -3.62. The number of benzene rings is 2. The second-order valence-corrected chi connectivity index (χ2v) is 8.06. The van der Waals surface area contributed by atoms with Gasteiger partial charge in [-0.15, -0.1) is 0 Å². The van der Waals surface area contributed by atoms with Crippen LogP contribution >= 0.6 is 0 Å². The van der Waals surface area contributed by atoms with Gasteiger partial charge in [0, 0.05) is 12.1 Å². The summed E-state index contributed by atoms with van der Waals surface area (Å²) in [6.45, 7) is 6.02. The molecule has 0 aliphatic heterocycles. The van der Waals surface area contributed by atoms with Crippen LogP contribution < -0.4 is 0 Å². The zero-order valence-electron chi connectivity index (χ0n) is 15.0. The Labute approximate surface area is 153 Å². The highest BCUT2D eigenvalue weighted by molar-refractivity contribution is 7.89. The molecule has 0 aliphatic carbocycles. The molecule has 7 heteroatoms. The standard InChI is InChI=1S/C19H21N3O3S/c1-4-22(26(23,24)17-10-8-14(2)9-11-17)13-18-20-19(21-25-18)16-7-5-6-15(3)12-16/h5-12H,4,13H2,1-3H3. The number of rotatable bonds is 6. The number of nitrogens with zero attached hydrogens (tertiary/aromatic N) is 3. The van der Waals surface area contributed by atoms with E-state index in [0.717, 1.165) is 16.7 Å². The number of aryl methyl sites for hydroxylation is 2. The van der Waals surface area contributed by atoms with Crippen LogP contribution in [-0.4, -0.2) is 29.4 Å². The third kappa shape index (κ3) is 3.84. The van der Waals surface area contributed by atoms with E-state index in [1.807, 2.05) is 38.1 Å². The minimum Gasteiger partial charge on any atom is -0.338 e. The molecule has 1 aromatic heterocycles. The minimum absolute atomic E-state index is 0.0333. The molecule has 0 fully saturated rings. The van der Waals surface area contributed by atoms with Gasteiger partial charge in [0.05, 0.1) is 11.4 Å². The van der Waals surface area contributed by atoms with Crippen molar-refractivity contribution < 1.29 is 12.9 Å². The van der Waals surface area contributed by atoms with E-state index in [9.17, 15) is 8.42 Å². The summed E-state index contributed by atoms with van der Waals surface area (Å²) >= 11 is 0. The van der Waals surface area contributed by atoms with Crippen LogP contribution in [0.15, 0.2) is 57.9 Å². The Kier molecular flexibility index (Phi) is 5.20. The van der Waals surface area contributed by atoms with Crippen LogP contribution in [0.5, 0.6) is 0 Å². The van der Waals surface area contributed by atoms with Gasteiger partial charge < -0.3 is 4.52 Å². The topological polar surface area (TPSA) is 76.3 Å². The first-order valence-corrected chi connectivity index (χ1v) is 9.80. The normalized spacial score (nSPS) is 11.8. The number of hydrogen-bond donors (Lipinski definition) is 0. The SMILES string of the molecule is CCN(Cc1nc(-c2cccc(C)c2)no1)S(=O)(=O)c1ccc(C)cc1. The summed E-state index contributed by atoms with van der Waals surface area (Å²) in [5.74, 6) is 0.714. The Morgan fingerprint density at radius 3 is 2.42 bits per heavy atom. The van der Waals surface area contributed by atoms with Crippen LogP contribution in [0.1, 0.15) is 23.9 Å². The van der Waals surface area contributed by atoms with Gasteiger partial charge in [0.25, 0.3) is 0 Å². The van der Waals surface area contributed by atoms with E-state index in [1.165, 1.54) is 4.31 Å². The maximum Gasteiger partial charge on any atom is 0.243 e. The molecule has 136 valence electrons. The summed E-state index contributed by atoms with van der Waals surface area (Å²) in [6, 6.07) is 14.5. The summed E-state index contributed by atoms with van der Waals surface area (Å²) in [6.07, 6.45) is 0. The van der Waals surface area contributed by atoms with Crippen molar-refractivity contribution in [1.82, 2.24) is 14.4 Å². The fourth-order valence-electron chi connectivity index (χ4n) is 2.60. The molecule has 0 atom stereocenters. The number of sulfonamides is 1. The lowest BCUT2D eigenvalue weighted by atomic mass is 10.1. The van der Waals surface area contributed by atoms with Crippen molar-refractivity contribution in [3.05, 3.63) is 65.5 Å². The lowest BCUT2D eigenvalue weighted by molar-refractivity contribution is 0.321. The van der Waals surface area contributed by atoms with E-state index < -0.39 is 10.0 Å². The van der Waals surface area contributed by atoms with Gasteiger partial charge in [-0.1, -0.05) is 53.5 Å². The summed E-state index contributed by atoms with van der Waals surface area (Å²) < 4.78 is 32.3. The van der Waals surface area contributed by atoms with Crippen molar-refractivity contribution in [2.45, 2.75) is 32.2 Å². The van der Waals surface area contributed by atoms with E-state index in [1.54, 1.807) is 31.2 Å². The van der Waals surface area contributed by atoms with E-state index in [0.29, 0.717) is 12.4 Å². The maximum absolute atomic E-state index is 12.8. The molecule has 2 aromatic carbocycles. The van der Waals surface area contributed by atoms with Crippen LogP contribution in [0.3, 0.4) is 0 Å². The molecule has 26 heavy (non-hydrogen) atoms. The fourth-order valence-corrected chi connectivity index (χ4v) is 4.00. The van der Waals surface area contributed by atoms with Crippen molar-refractivity contribution in [3.63, 3.8) is 0 Å². The third-order valence-corrected chi connectivity index (χ3v) is 6.00. The zero-order valence-corrected chi connectivity index (χ0v) is 15.8. The first kappa shape index (κ1) is 18.3. The molecule has 0 amide bonds. The van der Waals surface area contributed by atoms with E-state index in [-0.39, 0.29) is 17.3 Å². The van der Waals surface area contributed by atoms with Gasteiger partial charge in [-0.2, -0.15) is 9.29 Å². The Balaban J connectivity index is 1.83. The molecule has 0 N–H and O–H groups in total. The Hall–Kier alpha value is -2.51. The molecule has 6 nitrogen and oxygen atoms in total. The van der Waals surface area contributed by atoms with Crippen LogP contribution in [-0.2, 0) is 16.6 Å². The van der Waals surface area contributed by atoms with Crippen molar-refractivity contribution in [1.29, 1.82) is 0 Å². The van der Waals surface area contributed by atoms with Crippen molar-refractivity contribution >= 4 is 10.0 Å². The third-order valence-electron chi connectivity index (χ3n) is 4.07. The monoisotopic (exact) mass is 371 g/mol. The average Bonchev–Trinajstić information content (AvgIpc) is 3.08. The van der Waals surface area contributed by atoms with Crippen molar-refractivity contribution in [2.24, 2.45) is 0 Å². The highest BCUT2D eigenvalue weighted by Crippen LogP contribution is 2.21. The Morgan fingerprint density at radius 1 is 1.04 bits per heavy atom. The molecule has 3 aromatic rings. The molecule has 0 radical (unpaired) electrons. The lowest BCUT2D eigenvalue weighted by Gasteiger charge is -2.18. The lowest BCUT2D eigenvalue weighted by Crippen LogP contribution is -2.30. The van der Waals surface area contributed by atoms with Gasteiger partial charge in [-0.25, -0.2) is 8.42 Å². The summed E-state index contributed by atoms with van der Waals surface area (Å²) in [4.78, 5) is 4.60. The largest absolute Gasteiger partial charge is 0.338 e. The van der Waals surface area contributed by atoms with Gasteiger partial charge in [0.1, 0.15) is 0 Å². The fraction of sp³-hybridized carbons (Fsp3) is 0.263. The summed E-state index contributed by atoms with van der Waals surface area (Å²) in [5, 5.41) is 3.97. The Morgan fingerprint density at radius 2 is 1.77 bits per heavy atom. The second-order valence-electron chi connectivity index (χ2n) is 6.13. The molecule has 0 aliphatic rings. The smallest absolute Gasteiger partial charge is 0.243 e. The average molecular weight is 371 g/mol. The first-order chi connectivity index (χ1) is 12.4. The minimum atomic E-state index is -3.62. The Bertz CT molecular complexity index is 995. The van der Waals surface area contributed by atoms with Crippen LogP contribution in [0.25, 0.3) is 11.4 Å². The van der Waals surface area contributed by atoms with Gasteiger partial charge in [-0.3, -0.25) is 0 Å². The predicted octanol–water partition coefficient (Wildman–Crippen LogP) is 3.56. The first-order valence-electron chi connectivity index (χ1n) is 8.36. The summed E-state index contributed by atoms with van der Waals surface area (Å²) in [5.41, 5.74) is 2.93. The van der Waals surface area contributed by atoms with Crippen molar-refractivity contribution in [3.8, 4) is 11.4 Å². The van der Waals surface area contributed by atoms with Crippen molar-refractivity contribution in [2.75, 3.05) is 6.54 Å². The second kappa shape index (κ2) is 7.39. The molecule has 0 bridgehead atoms. The zero-order chi connectivity index (χ0) is 18.7. The molecule has 0 unspecified atom stereocenters. The molecular formula is C19H21N3O3S. The van der Waals surface area contributed by atoms with Crippen LogP contribution in [0, 0.1) is 13.8 Å². The molecule has 1 heterocycles. The molecule has 0 saturated heterocycles. The maximum atomic E-state index is 12.8. The van der Waals surface area contributed by atoms with E-state index in [4.69, 9.17) is 4.52 Å². The molecule has 0 saturated carbocycles.